The quantitative estimate of drug-likeness (QED) is 0.422. The van der Waals surface area contributed by atoms with Crippen LogP contribution in [0.2, 0.25) is 0 Å². The van der Waals surface area contributed by atoms with Gasteiger partial charge in [-0.05, 0) is 34.7 Å². The van der Waals surface area contributed by atoms with Gasteiger partial charge < -0.3 is 4.74 Å². The molecule has 0 aliphatic carbocycles. The summed E-state index contributed by atoms with van der Waals surface area (Å²) >= 11 is 1.42. The molecule has 1 rings (SSSR count). The maximum Gasteiger partial charge on any atom is 0.438 e. The van der Waals surface area contributed by atoms with Crippen LogP contribution in [0.15, 0.2) is 24.3 Å². The third-order valence-electron chi connectivity index (χ3n) is 2.42. The van der Waals surface area contributed by atoms with Crippen LogP contribution in [-0.4, -0.2) is 36.7 Å². The summed E-state index contributed by atoms with van der Waals surface area (Å²) in [6, 6.07) is 4.43. The summed E-state index contributed by atoms with van der Waals surface area (Å²) in [6.45, 7) is 0. The summed E-state index contributed by atoms with van der Waals surface area (Å²) in [5, 5.41) is 0. The maximum atomic E-state index is 13.0. The first-order valence-corrected chi connectivity index (χ1v) is 7.90. The molecule has 1 aromatic carbocycles. The Balaban J connectivity index is 3.54. The molecule has 0 aromatic heterocycles. The van der Waals surface area contributed by atoms with Crippen molar-refractivity contribution in [2.75, 3.05) is 5.75 Å². The number of para-hydroxylation sites is 1. The standard InChI is InChI=1S/C10H7F6IO4S/c11-9(12,13)8(10(14,15)16,5-22(18,19)20)21-7-4-2-1-3-6(7)17/h1-4H,5H2,(H,18,19,20). The number of rotatable bonds is 4. The number of halogens is 7. The van der Waals surface area contributed by atoms with E-state index in [1.807, 2.05) is 0 Å². The third-order valence-corrected chi connectivity index (χ3v) is 4.08. The van der Waals surface area contributed by atoms with E-state index < -0.39 is 39.6 Å². The molecule has 0 radical (unpaired) electrons. The Labute approximate surface area is 134 Å². The largest absolute Gasteiger partial charge is 0.466 e. The highest BCUT2D eigenvalue weighted by Gasteiger charge is 2.75. The third kappa shape index (κ3) is 4.16. The van der Waals surface area contributed by atoms with Crippen LogP contribution >= 0.6 is 22.6 Å². The van der Waals surface area contributed by atoms with Gasteiger partial charge in [-0.3, -0.25) is 4.55 Å². The molecule has 1 N–H and O–H groups in total. The zero-order chi connectivity index (χ0) is 17.4. The molecular weight excluding hydrogens is 457 g/mol. The van der Waals surface area contributed by atoms with E-state index in [0.717, 1.165) is 12.1 Å². The number of ether oxygens (including phenoxy) is 1. The van der Waals surface area contributed by atoms with E-state index in [0.29, 0.717) is 0 Å². The molecule has 0 aliphatic heterocycles. The van der Waals surface area contributed by atoms with Gasteiger partial charge in [-0.25, -0.2) is 0 Å². The second kappa shape index (κ2) is 6.03. The van der Waals surface area contributed by atoms with Gasteiger partial charge in [-0.15, -0.1) is 0 Å². The van der Waals surface area contributed by atoms with Crippen molar-refractivity contribution < 1.29 is 44.0 Å². The van der Waals surface area contributed by atoms with Gasteiger partial charge in [-0.2, -0.15) is 34.8 Å². The van der Waals surface area contributed by atoms with Gasteiger partial charge >= 0.3 is 18.0 Å². The van der Waals surface area contributed by atoms with Gasteiger partial charge in [0.15, 0.2) is 0 Å². The lowest BCUT2D eigenvalue weighted by atomic mass is 10.1. The second-order valence-electron chi connectivity index (χ2n) is 4.08. The van der Waals surface area contributed by atoms with Gasteiger partial charge in [0, 0.05) is 0 Å². The molecule has 0 atom stereocenters. The summed E-state index contributed by atoms with van der Waals surface area (Å²) in [4.78, 5) is 0. The lowest BCUT2D eigenvalue weighted by molar-refractivity contribution is -0.348. The lowest BCUT2D eigenvalue weighted by Gasteiger charge is -2.36. The van der Waals surface area contributed by atoms with E-state index in [1.54, 1.807) is 0 Å². The molecule has 4 nitrogen and oxygen atoms in total. The Hall–Kier alpha value is -0.760. The predicted octanol–water partition coefficient (Wildman–Crippen LogP) is 3.42. The van der Waals surface area contributed by atoms with Crippen LogP contribution in [0.3, 0.4) is 0 Å². The monoisotopic (exact) mass is 464 g/mol. The molecule has 12 heteroatoms. The molecular formula is C10H7F6IO4S. The minimum atomic E-state index is -6.14. The van der Waals surface area contributed by atoms with E-state index in [2.05, 4.69) is 4.74 Å². The summed E-state index contributed by atoms with van der Waals surface area (Å²) < 4.78 is 112. The smallest absolute Gasteiger partial charge is 0.438 e. The normalized spacial score (nSPS) is 14.0. The maximum absolute atomic E-state index is 13.0. The van der Waals surface area contributed by atoms with Crippen LogP contribution in [0, 0.1) is 3.57 Å². The zero-order valence-corrected chi connectivity index (χ0v) is 13.2. The Bertz CT molecular complexity index is 626. The summed E-state index contributed by atoms with van der Waals surface area (Å²) in [5.41, 5.74) is -5.09. The van der Waals surface area contributed by atoms with E-state index in [4.69, 9.17) is 4.55 Å². The predicted molar refractivity (Wildman–Crippen MR) is 71.0 cm³/mol. The molecule has 0 saturated heterocycles. The van der Waals surface area contributed by atoms with Crippen molar-refractivity contribution in [3.8, 4) is 5.75 Å². The minimum absolute atomic E-state index is 0.103. The van der Waals surface area contributed by atoms with Crippen molar-refractivity contribution in [3.63, 3.8) is 0 Å². The molecule has 0 unspecified atom stereocenters. The van der Waals surface area contributed by atoms with E-state index in [1.165, 1.54) is 34.7 Å². The van der Waals surface area contributed by atoms with Gasteiger partial charge in [0.05, 0.1) is 3.57 Å². The van der Waals surface area contributed by atoms with Crippen molar-refractivity contribution >= 4 is 32.7 Å². The summed E-state index contributed by atoms with van der Waals surface area (Å²) in [5.74, 6) is -3.53. The Morgan fingerprint density at radius 3 is 1.86 bits per heavy atom. The fourth-order valence-corrected chi connectivity index (χ4v) is 2.84. The van der Waals surface area contributed by atoms with Gasteiger partial charge in [0.2, 0.25) is 0 Å². The van der Waals surface area contributed by atoms with E-state index in [-0.39, 0.29) is 3.57 Å². The number of benzene rings is 1. The minimum Gasteiger partial charge on any atom is -0.466 e. The van der Waals surface area contributed by atoms with Gasteiger partial charge in [0.1, 0.15) is 11.5 Å². The van der Waals surface area contributed by atoms with Crippen molar-refractivity contribution in [1.82, 2.24) is 0 Å². The Kier molecular flexibility index (Phi) is 5.29. The first-order chi connectivity index (χ1) is 9.70. The summed E-state index contributed by atoms with van der Waals surface area (Å²) in [7, 11) is -5.65. The first-order valence-electron chi connectivity index (χ1n) is 5.22. The van der Waals surface area contributed by atoms with Crippen LogP contribution in [0.4, 0.5) is 26.3 Å². The molecule has 126 valence electrons. The van der Waals surface area contributed by atoms with Crippen LogP contribution < -0.4 is 4.74 Å². The van der Waals surface area contributed by atoms with Crippen molar-refractivity contribution in [3.05, 3.63) is 27.8 Å². The van der Waals surface area contributed by atoms with Crippen LogP contribution in [0.1, 0.15) is 0 Å². The molecule has 0 fully saturated rings. The molecule has 0 bridgehead atoms. The Morgan fingerprint density at radius 1 is 1.05 bits per heavy atom. The number of hydrogen-bond donors (Lipinski definition) is 1. The number of alkyl halides is 6. The lowest BCUT2D eigenvalue weighted by Crippen LogP contribution is -2.64. The zero-order valence-electron chi connectivity index (χ0n) is 10.2. The molecule has 22 heavy (non-hydrogen) atoms. The van der Waals surface area contributed by atoms with Gasteiger partial charge in [-0.1, -0.05) is 12.1 Å². The SMILES string of the molecule is O=S(=O)(O)CC(Oc1ccccc1I)(C(F)(F)F)C(F)(F)F. The van der Waals surface area contributed by atoms with Crippen LogP contribution in [-0.2, 0) is 10.1 Å². The highest BCUT2D eigenvalue weighted by molar-refractivity contribution is 14.1. The van der Waals surface area contributed by atoms with E-state index >= 15 is 0 Å². The highest BCUT2D eigenvalue weighted by atomic mass is 127. The first kappa shape index (κ1) is 19.3. The number of hydrogen-bond acceptors (Lipinski definition) is 3. The highest BCUT2D eigenvalue weighted by Crippen LogP contribution is 2.47. The van der Waals surface area contributed by atoms with Crippen molar-refractivity contribution in [1.29, 1.82) is 0 Å². The topological polar surface area (TPSA) is 63.6 Å². The Morgan fingerprint density at radius 2 is 1.50 bits per heavy atom. The molecule has 0 saturated carbocycles. The van der Waals surface area contributed by atoms with Crippen LogP contribution in [0.5, 0.6) is 5.75 Å². The average molecular weight is 464 g/mol. The molecule has 1 aromatic rings. The van der Waals surface area contributed by atoms with Crippen LogP contribution in [0.25, 0.3) is 0 Å². The van der Waals surface area contributed by atoms with E-state index in [9.17, 15) is 34.8 Å². The fourth-order valence-electron chi connectivity index (χ4n) is 1.44. The summed E-state index contributed by atoms with van der Waals surface area (Å²) in [6.07, 6.45) is -12.3. The second-order valence-corrected chi connectivity index (χ2v) is 6.70. The average Bonchev–Trinajstić information content (AvgIpc) is 2.26. The molecule has 0 amide bonds. The molecule has 0 spiro atoms. The fraction of sp³-hybridized carbons (Fsp3) is 0.400. The van der Waals surface area contributed by atoms with Gasteiger partial charge in [0.25, 0.3) is 10.1 Å². The van der Waals surface area contributed by atoms with Crippen molar-refractivity contribution in [2.24, 2.45) is 0 Å². The van der Waals surface area contributed by atoms with Crippen molar-refractivity contribution in [2.45, 2.75) is 18.0 Å². The molecule has 0 aliphatic rings. The molecule has 0 heterocycles.